The van der Waals surface area contributed by atoms with Crippen molar-refractivity contribution in [3.05, 3.63) is 70.2 Å². The fourth-order valence-electron chi connectivity index (χ4n) is 4.87. The Morgan fingerprint density at radius 1 is 1.03 bits per heavy atom. The van der Waals surface area contributed by atoms with E-state index in [-0.39, 0.29) is 5.56 Å². The number of nitrogens with one attached hydrogen (secondary N) is 1. The largest absolute Gasteiger partial charge is 0.359 e. The summed E-state index contributed by atoms with van der Waals surface area (Å²) < 4.78 is 4.43. The van der Waals surface area contributed by atoms with E-state index < -0.39 is 0 Å². The second-order valence-electron chi connectivity index (χ2n) is 9.69. The van der Waals surface area contributed by atoms with Crippen LogP contribution in [0.2, 0.25) is 5.02 Å². The highest BCUT2D eigenvalue weighted by molar-refractivity contribution is 7.22. The van der Waals surface area contributed by atoms with Crippen LogP contribution in [0.5, 0.6) is 0 Å². The Morgan fingerprint density at radius 2 is 1.76 bits per heavy atom. The van der Waals surface area contributed by atoms with Crippen LogP contribution in [0, 0.1) is 0 Å². The number of benzene rings is 2. The van der Waals surface area contributed by atoms with Crippen molar-refractivity contribution in [2.45, 2.75) is 46.3 Å². The van der Waals surface area contributed by atoms with Gasteiger partial charge in [0.2, 0.25) is 5.95 Å². The second-order valence-corrected chi connectivity index (χ2v) is 11.2. The molecule has 192 valence electrons. The van der Waals surface area contributed by atoms with Crippen LogP contribution in [0.4, 0.5) is 5.95 Å². The molecule has 0 atom stereocenters. The lowest BCUT2D eigenvalue weighted by Gasteiger charge is -2.30. The van der Waals surface area contributed by atoms with Crippen molar-refractivity contribution >= 4 is 50.1 Å². The third kappa shape index (κ3) is 4.89. The Labute approximate surface area is 225 Å². The van der Waals surface area contributed by atoms with Gasteiger partial charge in [-0.3, -0.25) is 14.3 Å². The van der Waals surface area contributed by atoms with Gasteiger partial charge in [-0.2, -0.15) is 0 Å². The molecule has 3 aromatic heterocycles. The maximum atomic E-state index is 13.5. The highest BCUT2D eigenvalue weighted by atomic mass is 35.5. The Bertz CT molecular complexity index is 1610. The van der Waals surface area contributed by atoms with Gasteiger partial charge in [0.25, 0.3) is 5.56 Å². The average Bonchev–Trinajstić information content (AvgIpc) is 3.46. The molecule has 0 aliphatic carbocycles. The van der Waals surface area contributed by atoms with Crippen LogP contribution in [0.15, 0.2) is 59.7 Å². The van der Waals surface area contributed by atoms with E-state index in [1.165, 1.54) is 11.3 Å². The van der Waals surface area contributed by atoms with Gasteiger partial charge in [-0.25, -0.2) is 9.97 Å². The summed E-state index contributed by atoms with van der Waals surface area (Å²) in [5.74, 6) is 0.811. The van der Waals surface area contributed by atoms with Crippen LogP contribution in [0.25, 0.3) is 37.4 Å². The van der Waals surface area contributed by atoms with Gasteiger partial charge < -0.3 is 9.88 Å². The third-order valence-corrected chi connectivity index (χ3v) is 8.12. The Morgan fingerprint density at radius 3 is 2.43 bits per heavy atom. The van der Waals surface area contributed by atoms with Crippen molar-refractivity contribution in [1.29, 1.82) is 0 Å². The van der Waals surface area contributed by atoms with E-state index in [2.05, 4.69) is 47.5 Å². The highest BCUT2D eigenvalue weighted by Gasteiger charge is 2.17. The summed E-state index contributed by atoms with van der Waals surface area (Å²) in [5, 5.41) is 3.91. The van der Waals surface area contributed by atoms with Gasteiger partial charge in [-0.15, -0.1) is 11.3 Å². The summed E-state index contributed by atoms with van der Waals surface area (Å²) in [6.45, 7) is 10.7. The Kier molecular flexibility index (Phi) is 7.07. The normalized spacial score (nSPS) is 12.0. The van der Waals surface area contributed by atoms with Gasteiger partial charge in [0.1, 0.15) is 11.0 Å². The maximum absolute atomic E-state index is 13.5. The van der Waals surface area contributed by atoms with Crippen molar-refractivity contribution < 1.29 is 0 Å². The zero-order chi connectivity index (χ0) is 26.3. The summed E-state index contributed by atoms with van der Waals surface area (Å²) in [5.41, 5.74) is 4.22. The standard InChI is InChI=1S/C28H31ClN6OS/c1-17(2)33(18(3)4)12-13-34-24-11-10-21(14-22(24)32-28(34)30-5)35-16-31-23-15-25(37-26(23)27(35)36)19-6-8-20(29)9-7-19/h6-11,14-18H,12-13H2,1-5H3,(H,30,32). The molecule has 37 heavy (non-hydrogen) atoms. The van der Waals surface area contributed by atoms with Gasteiger partial charge in [0, 0.05) is 42.1 Å². The zero-order valence-electron chi connectivity index (χ0n) is 21.7. The molecule has 5 aromatic rings. The molecule has 2 aromatic carbocycles. The number of nitrogens with zero attached hydrogens (tertiary/aromatic N) is 5. The number of anilines is 1. The minimum atomic E-state index is -0.0904. The average molecular weight is 535 g/mol. The molecule has 0 fully saturated rings. The van der Waals surface area contributed by atoms with Crippen LogP contribution < -0.4 is 10.9 Å². The van der Waals surface area contributed by atoms with Gasteiger partial charge in [-0.1, -0.05) is 23.7 Å². The van der Waals surface area contributed by atoms with Crippen LogP contribution in [0.1, 0.15) is 27.7 Å². The first-order chi connectivity index (χ1) is 17.8. The number of hydrogen-bond donors (Lipinski definition) is 1. The predicted octanol–water partition coefficient (Wildman–Crippen LogP) is 6.28. The monoisotopic (exact) mass is 534 g/mol. The molecule has 1 N–H and O–H groups in total. The molecular weight excluding hydrogens is 504 g/mol. The second kappa shape index (κ2) is 10.3. The van der Waals surface area contributed by atoms with Gasteiger partial charge in [0.05, 0.1) is 22.2 Å². The van der Waals surface area contributed by atoms with E-state index in [0.717, 1.165) is 46.2 Å². The fourth-order valence-corrected chi connectivity index (χ4v) is 6.04. The quantitative estimate of drug-likeness (QED) is 0.254. The lowest BCUT2D eigenvalue weighted by atomic mass is 10.2. The van der Waals surface area contributed by atoms with Crippen LogP contribution in [0.3, 0.4) is 0 Å². The first kappa shape index (κ1) is 25.4. The lowest BCUT2D eigenvalue weighted by molar-refractivity contribution is 0.169. The molecule has 0 unspecified atom stereocenters. The van der Waals surface area contributed by atoms with Crippen molar-refractivity contribution in [3.63, 3.8) is 0 Å². The third-order valence-electron chi connectivity index (χ3n) is 6.71. The number of rotatable bonds is 8. The molecule has 3 heterocycles. The molecule has 5 rings (SSSR count). The summed E-state index contributed by atoms with van der Waals surface area (Å²) >= 11 is 7.48. The molecule has 0 amide bonds. The number of imidazole rings is 1. The summed E-state index contributed by atoms with van der Waals surface area (Å²) in [6, 6.07) is 16.5. The number of hydrogen-bond acceptors (Lipinski definition) is 6. The minimum absolute atomic E-state index is 0.0904. The predicted molar refractivity (Wildman–Crippen MR) is 155 cm³/mol. The molecule has 0 spiro atoms. The molecule has 0 radical (unpaired) electrons. The van der Waals surface area contributed by atoms with E-state index in [0.29, 0.717) is 27.3 Å². The molecule has 0 saturated carbocycles. The minimum Gasteiger partial charge on any atom is -0.359 e. The van der Waals surface area contributed by atoms with Gasteiger partial charge in [0.15, 0.2) is 0 Å². The summed E-state index contributed by atoms with van der Waals surface area (Å²) in [4.78, 5) is 26.3. The highest BCUT2D eigenvalue weighted by Crippen LogP contribution is 2.32. The molecule has 7 nitrogen and oxygen atoms in total. The maximum Gasteiger partial charge on any atom is 0.275 e. The molecule has 0 bridgehead atoms. The van der Waals surface area contributed by atoms with Crippen LogP contribution >= 0.6 is 22.9 Å². The summed E-state index contributed by atoms with van der Waals surface area (Å²) in [6.07, 6.45) is 1.60. The van der Waals surface area contributed by atoms with Crippen molar-refractivity contribution in [2.24, 2.45) is 0 Å². The Hall–Kier alpha value is -3.20. The van der Waals surface area contributed by atoms with Gasteiger partial charge >= 0.3 is 0 Å². The fraction of sp³-hybridized carbons (Fsp3) is 0.321. The number of aromatic nitrogens is 4. The zero-order valence-corrected chi connectivity index (χ0v) is 23.3. The van der Waals surface area contributed by atoms with Crippen LogP contribution in [-0.4, -0.2) is 49.7 Å². The van der Waals surface area contributed by atoms with E-state index >= 15 is 0 Å². The van der Waals surface area contributed by atoms with Crippen molar-refractivity contribution in [3.8, 4) is 16.1 Å². The van der Waals surface area contributed by atoms with E-state index in [1.54, 1.807) is 10.9 Å². The molecule has 9 heteroatoms. The first-order valence-corrected chi connectivity index (χ1v) is 13.7. The molecule has 0 saturated heterocycles. The van der Waals surface area contributed by atoms with E-state index in [1.807, 2.05) is 55.6 Å². The van der Waals surface area contributed by atoms with Crippen molar-refractivity contribution in [2.75, 3.05) is 18.9 Å². The number of halogens is 1. The van der Waals surface area contributed by atoms with E-state index in [4.69, 9.17) is 16.6 Å². The molecular formula is C28H31ClN6OS. The number of fused-ring (bicyclic) bond motifs is 2. The first-order valence-electron chi connectivity index (χ1n) is 12.5. The van der Waals surface area contributed by atoms with Gasteiger partial charge in [-0.05, 0) is 69.7 Å². The summed E-state index contributed by atoms with van der Waals surface area (Å²) in [7, 11) is 1.89. The Balaban J connectivity index is 1.50. The smallest absolute Gasteiger partial charge is 0.275 e. The molecule has 0 aliphatic rings. The molecule has 0 aliphatic heterocycles. The van der Waals surface area contributed by atoms with Crippen molar-refractivity contribution in [1.82, 2.24) is 24.0 Å². The topological polar surface area (TPSA) is 68.0 Å². The lowest BCUT2D eigenvalue weighted by Crippen LogP contribution is -2.39. The van der Waals surface area contributed by atoms with Crippen LogP contribution in [-0.2, 0) is 6.54 Å². The SMILES string of the molecule is CNc1nc2cc(-n3cnc4cc(-c5ccc(Cl)cc5)sc4c3=O)ccc2n1CCN(C(C)C)C(C)C. The number of thiophene rings is 1. The van der Waals surface area contributed by atoms with E-state index in [9.17, 15) is 4.79 Å².